The largest absolute Gasteiger partial charge is 0.481 e. The van der Waals surface area contributed by atoms with Crippen molar-refractivity contribution in [3.63, 3.8) is 0 Å². The predicted octanol–water partition coefficient (Wildman–Crippen LogP) is 2.67. The molecule has 1 aliphatic heterocycles. The average Bonchev–Trinajstić information content (AvgIpc) is 2.61. The van der Waals surface area contributed by atoms with E-state index < -0.39 is 16.0 Å². The number of benzene rings is 2. The van der Waals surface area contributed by atoms with Gasteiger partial charge in [0.25, 0.3) is 0 Å². The van der Waals surface area contributed by atoms with Crippen molar-refractivity contribution in [3.8, 4) is 0 Å². The van der Waals surface area contributed by atoms with E-state index in [9.17, 15) is 18.0 Å². The molecular weight excluding hydrogens is 368 g/mol. The molecule has 0 aromatic heterocycles. The monoisotopic (exact) mass is 390 g/mol. The highest BCUT2D eigenvalue weighted by Gasteiger charge is 2.32. The minimum atomic E-state index is -3.77. The van der Waals surface area contributed by atoms with Crippen LogP contribution in [0.1, 0.15) is 26.2 Å². The van der Waals surface area contributed by atoms with Gasteiger partial charge in [-0.3, -0.25) is 9.59 Å². The van der Waals surface area contributed by atoms with E-state index in [-0.39, 0.29) is 29.7 Å². The Balaban J connectivity index is 2.01. The van der Waals surface area contributed by atoms with Crippen LogP contribution in [0.5, 0.6) is 0 Å². The molecule has 1 fully saturated rings. The first-order valence-electron chi connectivity index (χ1n) is 8.80. The second kappa shape index (κ2) is 7.66. The summed E-state index contributed by atoms with van der Waals surface area (Å²) < 4.78 is 27.9. The fourth-order valence-corrected chi connectivity index (χ4v) is 5.34. The summed E-state index contributed by atoms with van der Waals surface area (Å²) in [6.45, 7) is 1.98. The zero-order valence-corrected chi connectivity index (χ0v) is 15.8. The number of aliphatic carboxylic acids is 1. The number of carbonyl (C=O) groups is 2. The summed E-state index contributed by atoms with van der Waals surface area (Å²) in [5, 5.41) is 12.9. The van der Waals surface area contributed by atoms with Crippen LogP contribution >= 0.6 is 0 Å². The lowest BCUT2D eigenvalue weighted by atomic mass is 9.96. The van der Waals surface area contributed by atoms with Gasteiger partial charge in [0.05, 0.1) is 4.90 Å². The van der Waals surface area contributed by atoms with Gasteiger partial charge in [-0.05, 0) is 30.9 Å². The Labute approximate surface area is 158 Å². The van der Waals surface area contributed by atoms with Crippen LogP contribution in [0.4, 0.5) is 5.69 Å². The highest BCUT2D eigenvalue weighted by molar-refractivity contribution is 7.89. The summed E-state index contributed by atoms with van der Waals surface area (Å²) in [5.74, 6) is -1.33. The molecule has 1 unspecified atom stereocenters. The summed E-state index contributed by atoms with van der Waals surface area (Å²) in [6, 6.07) is 10.1. The Bertz CT molecular complexity index is 987. The van der Waals surface area contributed by atoms with Gasteiger partial charge in [-0.2, -0.15) is 4.31 Å². The molecule has 0 aliphatic carbocycles. The molecule has 0 radical (unpaired) electrons. The maximum Gasteiger partial charge on any atom is 0.303 e. The van der Waals surface area contributed by atoms with E-state index in [0.29, 0.717) is 35.8 Å². The fraction of sp³-hybridized carbons (Fsp3) is 0.368. The van der Waals surface area contributed by atoms with Crippen LogP contribution < -0.4 is 5.32 Å². The van der Waals surface area contributed by atoms with E-state index in [2.05, 4.69) is 5.32 Å². The van der Waals surface area contributed by atoms with Crippen molar-refractivity contribution in [3.05, 3.63) is 36.4 Å². The number of amides is 1. The van der Waals surface area contributed by atoms with Gasteiger partial charge in [0.15, 0.2) is 0 Å². The molecule has 7 nitrogen and oxygen atoms in total. The molecule has 1 aliphatic rings. The first-order chi connectivity index (χ1) is 12.8. The Morgan fingerprint density at radius 3 is 2.56 bits per heavy atom. The third-order valence-electron chi connectivity index (χ3n) is 4.76. The van der Waals surface area contributed by atoms with Crippen LogP contribution in [0.2, 0.25) is 0 Å². The van der Waals surface area contributed by atoms with Crippen LogP contribution in [0.15, 0.2) is 41.3 Å². The van der Waals surface area contributed by atoms with Crippen molar-refractivity contribution < 1.29 is 23.1 Å². The Kier molecular flexibility index (Phi) is 5.48. The normalized spacial score (nSPS) is 18.3. The van der Waals surface area contributed by atoms with E-state index >= 15 is 0 Å². The molecule has 0 bridgehead atoms. The third-order valence-corrected chi connectivity index (χ3v) is 6.68. The Morgan fingerprint density at radius 2 is 1.89 bits per heavy atom. The molecule has 1 amide bonds. The van der Waals surface area contributed by atoms with Gasteiger partial charge >= 0.3 is 5.97 Å². The van der Waals surface area contributed by atoms with Gasteiger partial charge in [0.2, 0.25) is 15.9 Å². The zero-order chi connectivity index (χ0) is 19.6. The molecule has 2 aromatic carbocycles. The number of hydrogen-bond donors (Lipinski definition) is 2. The summed E-state index contributed by atoms with van der Waals surface area (Å²) >= 11 is 0. The Hall–Kier alpha value is -2.45. The molecular formula is C19H22N2O5S. The van der Waals surface area contributed by atoms with Gasteiger partial charge in [-0.25, -0.2) is 8.42 Å². The van der Waals surface area contributed by atoms with Crippen molar-refractivity contribution >= 4 is 38.4 Å². The third kappa shape index (κ3) is 4.12. The first kappa shape index (κ1) is 19.3. The van der Waals surface area contributed by atoms with Crippen molar-refractivity contribution in [2.24, 2.45) is 5.92 Å². The van der Waals surface area contributed by atoms with E-state index in [1.54, 1.807) is 30.3 Å². The number of nitrogens with one attached hydrogen (secondary N) is 1. The molecule has 27 heavy (non-hydrogen) atoms. The molecule has 1 saturated heterocycles. The summed E-state index contributed by atoms with van der Waals surface area (Å²) in [4.78, 5) is 22.6. The molecule has 0 spiro atoms. The smallest absolute Gasteiger partial charge is 0.303 e. The predicted molar refractivity (Wildman–Crippen MR) is 102 cm³/mol. The summed E-state index contributed by atoms with van der Waals surface area (Å²) in [7, 11) is -3.77. The zero-order valence-electron chi connectivity index (χ0n) is 15.0. The number of nitrogens with zero attached hydrogens (tertiary/aromatic N) is 1. The SMILES string of the molecule is CC(=O)Nc1ccc(S(=O)(=O)N2CCCC(CC(=O)O)C2)c2ccccc12. The number of piperidine rings is 1. The number of carboxylic acid groups (broad SMARTS) is 1. The number of carbonyl (C=O) groups excluding carboxylic acids is 1. The highest BCUT2D eigenvalue weighted by atomic mass is 32.2. The maximum absolute atomic E-state index is 13.3. The molecule has 2 N–H and O–H groups in total. The second-order valence-corrected chi connectivity index (χ2v) is 8.71. The Morgan fingerprint density at radius 1 is 1.19 bits per heavy atom. The number of fused-ring (bicyclic) bond motifs is 1. The van der Waals surface area contributed by atoms with Crippen LogP contribution in [0.25, 0.3) is 10.8 Å². The number of sulfonamides is 1. The van der Waals surface area contributed by atoms with Gasteiger partial charge in [0.1, 0.15) is 0 Å². The lowest BCUT2D eigenvalue weighted by Crippen LogP contribution is -2.40. The number of anilines is 1. The minimum Gasteiger partial charge on any atom is -0.481 e. The van der Waals surface area contributed by atoms with Gasteiger partial charge in [-0.15, -0.1) is 0 Å². The molecule has 8 heteroatoms. The van der Waals surface area contributed by atoms with Crippen molar-refractivity contribution in [1.29, 1.82) is 0 Å². The molecule has 1 heterocycles. The molecule has 3 rings (SSSR count). The molecule has 1 atom stereocenters. The maximum atomic E-state index is 13.3. The molecule has 0 saturated carbocycles. The fourth-order valence-electron chi connectivity index (χ4n) is 3.59. The van der Waals surface area contributed by atoms with E-state index in [1.165, 1.54) is 17.3 Å². The van der Waals surface area contributed by atoms with Crippen LogP contribution in [-0.4, -0.2) is 42.8 Å². The molecule has 2 aromatic rings. The lowest BCUT2D eigenvalue weighted by Gasteiger charge is -2.31. The van der Waals surface area contributed by atoms with E-state index in [4.69, 9.17) is 5.11 Å². The quantitative estimate of drug-likeness (QED) is 0.817. The van der Waals surface area contributed by atoms with Crippen LogP contribution in [0, 0.1) is 5.92 Å². The van der Waals surface area contributed by atoms with Crippen molar-refractivity contribution in [2.75, 3.05) is 18.4 Å². The minimum absolute atomic E-state index is 0.0335. The van der Waals surface area contributed by atoms with E-state index in [1.807, 2.05) is 0 Å². The topological polar surface area (TPSA) is 104 Å². The summed E-state index contributed by atoms with van der Waals surface area (Å²) in [5.41, 5.74) is 0.555. The van der Waals surface area contributed by atoms with E-state index in [0.717, 1.165) is 0 Å². The van der Waals surface area contributed by atoms with Crippen molar-refractivity contribution in [2.45, 2.75) is 31.1 Å². The van der Waals surface area contributed by atoms with Gasteiger partial charge < -0.3 is 10.4 Å². The number of hydrogen-bond acceptors (Lipinski definition) is 4. The van der Waals surface area contributed by atoms with Crippen LogP contribution in [-0.2, 0) is 19.6 Å². The first-order valence-corrected chi connectivity index (χ1v) is 10.2. The van der Waals surface area contributed by atoms with Gasteiger partial charge in [-0.1, -0.05) is 24.3 Å². The van der Waals surface area contributed by atoms with Gasteiger partial charge in [0, 0.05) is 42.9 Å². The standard InChI is InChI=1S/C19H22N2O5S/c1-13(22)20-17-8-9-18(16-7-3-2-6-15(16)17)27(25,26)21-10-4-5-14(12-21)11-19(23)24/h2-3,6-9,14H,4-5,10-12H2,1H3,(H,20,22)(H,23,24). The molecule has 144 valence electrons. The van der Waals surface area contributed by atoms with Crippen molar-refractivity contribution in [1.82, 2.24) is 4.31 Å². The van der Waals surface area contributed by atoms with Crippen LogP contribution in [0.3, 0.4) is 0 Å². The lowest BCUT2D eigenvalue weighted by molar-refractivity contribution is -0.138. The second-order valence-electron chi connectivity index (χ2n) is 6.81. The number of rotatable bonds is 5. The summed E-state index contributed by atoms with van der Waals surface area (Å²) in [6.07, 6.45) is 1.31. The average molecular weight is 390 g/mol. The number of carboxylic acids is 1. The highest BCUT2D eigenvalue weighted by Crippen LogP contribution is 2.33.